The first-order valence-electron chi connectivity index (χ1n) is 8.69. The Kier molecular flexibility index (Phi) is 5.35. The van der Waals surface area contributed by atoms with Crippen LogP contribution in [0.15, 0.2) is 47.0 Å². The highest BCUT2D eigenvalue weighted by atomic mass is 16.5. The SMILES string of the molecule is COc1ccc(-c2noc(COc3ccc(C(C)(C)C)cc3)n2)cc1OC. The molecule has 0 radical (unpaired) electrons. The standard InChI is InChI=1S/C21H24N2O4/c1-21(2,3)15-7-9-16(10-8-15)26-13-19-22-20(23-27-19)14-6-11-17(24-4)18(12-14)25-5/h6-12H,13H2,1-5H3. The number of methoxy groups -OCH3 is 2. The smallest absolute Gasteiger partial charge is 0.264 e. The van der Waals surface area contributed by atoms with Gasteiger partial charge in [0.2, 0.25) is 5.82 Å². The van der Waals surface area contributed by atoms with Gasteiger partial charge in [-0.1, -0.05) is 38.1 Å². The normalized spacial score (nSPS) is 11.3. The molecule has 0 aliphatic carbocycles. The van der Waals surface area contributed by atoms with Crippen LogP contribution in [0.5, 0.6) is 17.2 Å². The number of hydrogen-bond acceptors (Lipinski definition) is 6. The molecule has 0 N–H and O–H groups in total. The molecular weight excluding hydrogens is 344 g/mol. The summed E-state index contributed by atoms with van der Waals surface area (Å²) in [6, 6.07) is 13.5. The van der Waals surface area contributed by atoms with E-state index >= 15 is 0 Å². The van der Waals surface area contributed by atoms with Crippen molar-refractivity contribution in [2.24, 2.45) is 0 Å². The molecule has 3 aromatic rings. The second kappa shape index (κ2) is 7.70. The van der Waals surface area contributed by atoms with Crippen molar-refractivity contribution in [2.75, 3.05) is 14.2 Å². The van der Waals surface area contributed by atoms with E-state index in [0.29, 0.717) is 23.2 Å². The van der Waals surface area contributed by atoms with Crippen LogP contribution in [0.1, 0.15) is 32.2 Å². The van der Waals surface area contributed by atoms with Crippen LogP contribution < -0.4 is 14.2 Å². The van der Waals surface area contributed by atoms with E-state index in [0.717, 1.165) is 11.3 Å². The van der Waals surface area contributed by atoms with Crippen molar-refractivity contribution in [3.05, 3.63) is 53.9 Å². The summed E-state index contributed by atoms with van der Waals surface area (Å²) >= 11 is 0. The molecule has 0 aliphatic heterocycles. The van der Waals surface area contributed by atoms with Crippen molar-refractivity contribution in [1.82, 2.24) is 10.1 Å². The molecule has 6 nitrogen and oxygen atoms in total. The molecule has 0 aliphatic rings. The number of hydrogen-bond donors (Lipinski definition) is 0. The van der Waals surface area contributed by atoms with Crippen molar-refractivity contribution in [2.45, 2.75) is 32.8 Å². The van der Waals surface area contributed by atoms with E-state index in [-0.39, 0.29) is 12.0 Å². The third-order valence-electron chi connectivity index (χ3n) is 4.19. The summed E-state index contributed by atoms with van der Waals surface area (Å²) in [7, 11) is 3.18. The van der Waals surface area contributed by atoms with E-state index in [1.54, 1.807) is 26.4 Å². The molecule has 1 aromatic heterocycles. The summed E-state index contributed by atoms with van der Waals surface area (Å²) in [5.74, 6) is 2.88. The molecule has 3 rings (SSSR count). The second-order valence-electron chi connectivity index (χ2n) is 7.14. The Morgan fingerprint density at radius 1 is 0.926 bits per heavy atom. The predicted octanol–water partition coefficient (Wildman–Crippen LogP) is 4.63. The van der Waals surface area contributed by atoms with E-state index in [2.05, 4.69) is 43.0 Å². The Balaban J connectivity index is 1.68. The molecule has 1 heterocycles. The molecule has 0 unspecified atom stereocenters. The van der Waals surface area contributed by atoms with Crippen molar-refractivity contribution >= 4 is 0 Å². The summed E-state index contributed by atoms with van der Waals surface area (Å²) in [6.07, 6.45) is 0. The Morgan fingerprint density at radius 2 is 1.63 bits per heavy atom. The number of aromatic nitrogens is 2. The van der Waals surface area contributed by atoms with Gasteiger partial charge < -0.3 is 18.7 Å². The van der Waals surface area contributed by atoms with Crippen molar-refractivity contribution < 1.29 is 18.7 Å². The first-order chi connectivity index (χ1) is 12.9. The van der Waals surface area contributed by atoms with Crippen LogP contribution in [0.2, 0.25) is 0 Å². The van der Waals surface area contributed by atoms with Crippen LogP contribution in [-0.2, 0) is 12.0 Å². The van der Waals surface area contributed by atoms with Gasteiger partial charge >= 0.3 is 0 Å². The van der Waals surface area contributed by atoms with E-state index in [1.165, 1.54) is 5.56 Å². The van der Waals surface area contributed by atoms with Gasteiger partial charge in [-0.3, -0.25) is 0 Å². The number of benzene rings is 2. The van der Waals surface area contributed by atoms with E-state index < -0.39 is 0 Å². The van der Waals surface area contributed by atoms with Gasteiger partial charge in [-0.2, -0.15) is 4.98 Å². The Morgan fingerprint density at radius 3 is 2.26 bits per heavy atom. The monoisotopic (exact) mass is 368 g/mol. The molecule has 0 saturated carbocycles. The largest absolute Gasteiger partial charge is 0.493 e. The average molecular weight is 368 g/mol. The van der Waals surface area contributed by atoms with Gasteiger partial charge in [0, 0.05) is 5.56 Å². The Labute approximate surface area is 159 Å². The summed E-state index contributed by atoms with van der Waals surface area (Å²) in [6.45, 7) is 6.74. The highest BCUT2D eigenvalue weighted by Gasteiger charge is 2.14. The number of nitrogens with zero attached hydrogens (tertiary/aromatic N) is 2. The Bertz CT molecular complexity index is 895. The number of ether oxygens (including phenoxy) is 3. The van der Waals surface area contributed by atoms with Gasteiger partial charge in [-0.25, -0.2) is 0 Å². The third-order valence-corrected chi connectivity index (χ3v) is 4.19. The van der Waals surface area contributed by atoms with Crippen LogP contribution in [0.4, 0.5) is 0 Å². The molecular formula is C21H24N2O4. The topological polar surface area (TPSA) is 66.6 Å². The van der Waals surface area contributed by atoms with Crippen LogP contribution in [0.25, 0.3) is 11.4 Å². The molecule has 0 atom stereocenters. The fourth-order valence-electron chi connectivity index (χ4n) is 2.60. The van der Waals surface area contributed by atoms with E-state index in [9.17, 15) is 0 Å². The molecule has 0 fully saturated rings. The lowest BCUT2D eigenvalue weighted by molar-refractivity contribution is 0.243. The summed E-state index contributed by atoms with van der Waals surface area (Å²) in [5.41, 5.74) is 2.14. The zero-order chi connectivity index (χ0) is 19.4. The highest BCUT2D eigenvalue weighted by molar-refractivity contribution is 5.60. The molecule has 142 valence electrons. The molecule has 0 bridgehead atoms. The lowest BCUT2D eigenvalue weighted by Gasteiger charge is -2.19. The molecule has 0 amide bonds. The third kappa shape index (κ3) is 4.39. The van der Waals surface area contributed by atoms with Crippen LogP contribution in [0.3, 0.4) is 0 Å². The van der Waals surface area contributed by atoms with Crippen molar-refractivity contribution in [1.29, 1.82) is 0 Å². The van der Waals surface area contributed by atoms with E-state index in [1.807, 2.05) is 18.2 Å². The summed E-state index contributed by atoms with van der Waals surface area (Å²) < 4.78 is 21.6. The lowest BCUT2D eigenvalue weighted by Crippen LogP contribution is -2.10. The highest BCUT2D eigenvalue weighted by Crippen LogP contribution is 2.31. The van der Waals surface area contributed by atoms with E-state index in [4.69, 9.17) is 18.7 Å². The number of rotatable bonds is 6. The average Bonchev–Trinajstić information content (AvgIpc) is 3.14. The first kappa shape index (κ1) is 18.8. The van der Waals surface area contributed by atoms with Crippen LogP contribution in [0, 0.1) is 0 Å². The second-order valence-corrected chi connectivity index (χ2v) is 7.14. The lowest BCUT2D eigenvalue weighted by atomic mass is 9.87. The fourth-order valence-corrected chi connectivity index (χ4v) is 2.60. The molecule has 0 saturated heterocycles. The summed E-state index contributed by atoms with van der Waals surface area (Å²) in [5, 5.41) is 4.01. The van der Waals surface area contributed by atoms with Gasteiger partial charge in [-0.05, 0) is 41.3 Å². The maximum atomic E-state index is 5.75. The molecule has 2 aromatic carbocycles. The maximum Gasteiger partial charge on any atom is 0.264 e. The molecule has 0 spiro atoms. The van der Waals surface area contributed by atoms with Crippen LogP contribution in [-0.4, -0.2) is 24.4 Å². The predicted molar refractivity (Wildman–Crippen MR) is 102 cm³/mol. The van der Waals surface area contributed by atoms with Gasteiger partial charge in [0.1, 0.15) is 5.75 Å². The summed E-state index contributed by atoms with van der Waals surface area (Å²) in [4.78, 5) is 4.38. The molecule has 6 heteroatoms. The van der Waals surface area contributed by atoms with Gasteiger partial charge in [0.15, 0.2) is 18.1 Å². The van der Waals surface area contributed by atoms with Crippen molar-refractivity contribution in [3.8, 4) is 28.6 Å². The Hall–Kier alpha value is -3.02. The zero-order valence-electron chi connectivity index (χ0n) is 16.3. The minimum Gasteiger partial charge on any atom is -0.493 e. The van der Waals surface area contributed by atoms with Crippen molar-refractivity contribution in [3.63, 3.8) is 0 Å². The minimum absolute atomic E-state index is 0.110. The minimum atomic E-state index is 0.110. The van der Waals surface area contributed by atoms with Crippen LogP contribution >= 0.6 is 0 Å². The van der Waals surface area contributed by atoms with Gasteiger partial charge in [0.05, 0.1) is 14.2 Å². The van der Waals surface area contributed by atoms with Gasteiger partial charge in [0.25, 0.3) is 5.89 Å². The first-order valence-corrected chi connectivity index (χ1v) is 8.69. The van der Waals surface area contributed by atoms with Gasteiger partial charge in [-0.15, -0.1) is 0 Å². The maximum absolute atomic E-state index is 5.75. The molecule has 27 heavy (non-hydrogen) atoms. The zero-order valence-corrected chi connectivity index (χ0v) is 16.3. The quantitative estimate of drug-likeness (QED) is 0.632. The fraction of sp³-hybridized carbons (Fsp3) is 0.333.